The molecule has 59 valence electrons. The van der Waals surface area contributed by atoms with Crippen LogP contribution in [0.4, 0.5) is 0 Å². The van der Waals surface area contributed by atoms with E-state index in [-0.39, 0.29) is 6.54 Å². The molecule has 1 unspecified atom stereocenters. The molecule has 0 aliphatic rings. The first kappa shape index (κ1) is 9.61. The van der Waals surface area contributed by atoms with E-state index in [1.807, 2.05) is 0 Å². The Morgan fingerprint density at radius 3 is 2.60 bits per heavy atom. The maximum absolute atomic E-state index is 10.3. The molecule has 4 nitrogen and oxygen atoms in total. The average molecular weight is 164 g/mol. The minimum absolute atomic E-state index is 0.237. The molecule has 0 heterocycles. The standard InChI is InChI=1S/C5H10NO3S/c1-3-4-6-5(2)10(7,8)9/h3,5H,1,4H2,2H3,(H,7,8,9). The summed E-state index contributed by atoms with van der Waals surface area (Å²) in [6.45, 7) is 4.89. The second-order valence-electron chi connectivity index (χ2n) is 1.77. The number of hydrogen-bond acceptors (Lipinski definition) is 2. The summed E-state index contributed by atoms with van der Waals surface area (Å²) in [6, 6.07) is 0. The van der Waals surface area contributed by atoms with Gasteiger partial charge in [0, 0.05) is 6.54 Å². The molecule has 0 saturated heterocycles. The van der Waals surface area contributed by atoms with Crippen LogP contribution < -0.4 is 5.32 Å². The van der Waals surface area contributed by atoms with Gasteiger partial charge in [-0.15, -0.1) is 6.58 Å². The second kappa shape index (κ2) is 3.70. The van der Waals surface area contributed by atoms with E-state index in [4.69, 9.17) is 4.55 Å². The minimum Gasteiger partial charge on any atom is -0.284 e. The van der Waals surface area contributed by atoms with Crippen LogP contribution >= 0.6 is 0 Å². The summed E-state index contributed by atoms with van der Waals surface area (Å²) in [4.78, 5) is 0. The number of nitrogens with zero attached hydrogens (tertiary/aromatic N) is 1. The molecule has 0 amide bonds. The van der Waals surface area contributed by atoms with Crippen molar-refractivity contribution in [3.63, 3.8) is 0 Å². The number of rotatable bonds is 4. The third-order valence-corrected chi connectivity index (χ3v) is 1.93. The molecular weight excluding hydrogens is 154 g/mol. The van der Waals surface area contributed by atoms with Gasteiger partial charge in [0.2, 0.25) is 0 Å². The molecule has 0 aliphatic heterocycles. The summed E-state index contributed by atoms with van der Waals surface area (Å²) in [5, 5.41) is 2.51. The predicted octanol–water partition coefficient (Wildman–Crippen LogP) is 0.0106. The lowest BCUT2D eigenvalue weighted by Gasteiger charge is -2.04. The maximum atomic E-state index is 10.3. The van der Waals surface area contributed by atoms with E-state index in [0.717, 1.165) is 0 Å². The lowest BCUT2D eigenvalue weighted by Crippen LogP contribution is -2.27. The Balaban J connectivity index is 3.86. The van der Waals surface area contributed by atoms with Crippen LogP contribution in [0.25, 0.3) is 0 Å². The molecule has 0 fully saturated rings. The molecule has 0 aromatic rings. The lowest BCUT2D eigenvalue weighted by molar-refractivity contribution is 0.458. The van der Waals surface area contributed by atoms with Crippen LogP contribution in [0.3, 0.4) is 0 Å². The summed E-state index contributed by atoms with van der Waals surface area (Å²) in [7, 11) is -3.99. The van der Waals surface area contributed by atoms with Gasteiger partial charge in [-0.05, 0) is 6.92 Å². The first-order valence-corrected chi connectivity index (χ1v) is 4.22. The van der Waals surface area contributed by atoms with Crippen LogP contribution in [0.1, 0.15) is 6.92 Å². The van der Waals surface area contributed by atoms with Crippen LogP contribution in [0.2, 0.25) is 0 Å². The van der Waals surface area contributed by atoms with Gasteiger partial charge >= 0.3 is 0 Å². The fourth-order valence-corrected chi connectivity index (χ4v) is 0.592. The zero-order chi connectivity index (χ0) is 8.20. The van der Waals surface area contributed by atoms with E-state index in [2.05, 4.69) is 11.9 Å². The van der Waals surface area contributed by atoms with Crippen molar-refractivity contribution in [1.29, 1.82) is 0 Å². The van der Waals surface area contributed by atoms with Gasteiger partial charge in [0.25, 0.3) is 10.1 Å². The second-order valence-corrected chi connectivity index (χ2v) is 3.48. The summed E-state index contributed by atoms with van der Waals surface area (Å²) >= 11 is 0. The van der Waals surface area contributed by atoms with Gasteiger partial charge < -0.3 is 0 Å². The molecule has 1 N–H and O–H groups in total. The van der Waals surface area contributed by atoms with Crippen LogP contribution in [0, 0.1) is 0 Å². The van der Waals surface area contributed by atoms with E-state index >= 15 is 0 Å². The van der Waals surface area contributed by atoms with E-state index < -0.39 is 15.5 Å². The average Bonchev–Trinajstić information content (AvgIpc) is 1.80. The topological polar surface area (TPSA) is 68.5 Å². The highest BCUT2D eigenvalue weighted by Crippen LogP contribution is 1.92. The van der Waals surface area contributed by atoms with Gasteiger partial charge in [0.05, 0.1) is 0 Å². The molecule has 0 aliphatic carbocycles. The Morgan fingerprint density at radius 1 is 1.80 bits per heavy atom. The molecule has 0 aromatic carbocycles. The molecule has 0 bridgehead atoms. The van der Waals surface area contributed by atoms with Gasteiger partial charge in [0.15, 0.2) is 0 Å². The molecule has 10 heavy (non-hydrogen) atoms. The predicted molar refractivity (Wildman–Crippen MR) is 38.2 cm³/mol. The molecule has 0 aromatic heterocycles. The van der Waals surface area contributed by atoms with Crippen LogP contribution in [-0.4, -0.2) is 24.9 Å². The monoisotopic (exact) mass is 164 g/mol. The van der Waals surface area contributed by atoms with Crippen molar-refractivity contribution in [2.24, 2.45) is 0 Å². The zero-order valence-electron chi connectivity index (χ0n) is 5.69. The Labute approximate surface area is 60.7 Å². The smallest absolute Gasteiger partial charge is 0.282 e. The highest BCUT2D eigenvalue weighted by molar-refractivity contribution is 7.86. The Hall–Kier alpha value is -0.390. The first-order chi connectivity index (χ1) is 4.48. The number of hydrogen-bond donors (Lipinski definition) is 1. The normalized spacial score (nSPS) is 14.6. The fraction of sp³-hybridized carbons (Fsp3) is 0.600. The fourth-order valence-electron chi connectivity index (χ4n) is 0.317. The van der Waals surface area contributed by atoms with Crippen molar-refractivity contribution >= 4 is 10.1 Å². The molecule has 0 saturated carbocycles. The van der Waals surface area contributed by atoms with Crippen molar-refractivity contribution in [1.82, 2.24) is 5.32 Å². The van der Waals surface area contributed by atoms with Crippen molar-refractivity contribution in [3.8, 4) is 0 Å². The van der Waals surface area contributed by atoms with Gasteiger partial charge in [-0.1, -0.05) is 6.08 Å². The van der Waals surface area contributed by atoms with Crippen molar-refractivity contribution in [2.45, 2.75) is 12.3 Å². The summed E-state index contributed by atoms with van der Waals surface area (Å²) in [5.41, 5.74) is 0. The van der Waals surface area contributed by atoms with Crippen molar-refractivity contribution in [2.75, 3.05) is 6.54 Å². The van der Waals surface area contributed by atoms with Crippen LogP contribution in [0.5, 0.6) is 0 Å². The molecule has 0 rings (SSSR count). The largest absolute Gasteiger partial charge is 0.284 e. The van der Waals surface area contributed by atoms with Crippen LogP contribution in [-0.2, 0) is 10.1 Å². The summed E-state index contributed by atoms with van der Waals surface area (Å²) in [5.74, 6) is 0. The third kappa shape index (κ3) is 3.60. The van der Waals surface area contributed by atoms with Crippen molar-refractivity contribution < 1.29 is 13.0 Å². The maximum Gasteiger partial charge on any atom is 0.282 e. The van der Waals surface area contributed by atoms with Gasteiger partial charge in [0.1, 0.15) is 5.37 Å². The van der Waals surface area contributed by atoms with E-state index in [1.165, 1.54) is 13.0 Å². The van der Waals surface area contributed by atoms with Crippen LogP contribution in [0.15, 0.2) is 12.7 Å². The lowest BCUT2D eigenvalue weighted by atomic mass is 10.6. The van der Waals surface area contributed by atoms with Gasteiger partial charge in [-0.2, -0.15) is 8.42 Å². The Morgan fingerprint density at radius 2 is 2.30 bits per heavy atom. The quantitative estimate of drug-likeness (QED) is 0.470. The Bertz CT molecular complexity index is 197. The Kier molecular flexibility index (Phi) is 3.55. The van der Waals surface area contributed by atoms with Crippen molar-refractivity contribution in [3.05, 3.63) is 12.7 Å². The molecule has 5 heteroatoms. The third-order valence-electron chi connectivity index (χ3n) is 0.923. The SMILES string of the molecule is C=CC[N]C(C)S(=O)(=O)O. The highest BCUT2D eigenvalue weighted by Gasteiger charge is 2.15. The molecule has 0 spiro atoms. The molecule has 1 radical (unpaired) electrons. The van der Waals surface area contributed by atoms with E-state index in [9.17, 15) is 8.42 Å². The highest BCUT2D eigenvalue weighted by atomic mass is 32.2. The summed E-state index contributed by atoms with van der Waals surface area (Å²) in [6.07, 6.45) is 1.46. The molecular formula is C5H10NO3S. The van der Waals surface area contributed by atoms with E-state index in [0.29, 0.717) is 0 Å². The van der Waals surface area contributed by atoms with E-state index in [1.54, 1.807) is 0 Å². The molecule has 1 atom stereocenters. The summed E-state index contributed by atoms with van der Waals surface area (Å²) < 4.78 is 28.9. The first-order valence-electron chi connectivity index (χ1n) is 2.72. The van der Waals surface area contributed by atoms with Gasteiger partial charge in [-0.3, -0.25) is 4.55 Å². The zero-order valence-corrected chi connectivity index (χ0v) is 6.50. The minimum atomic E-state index is -3.99. The van der Waals surface area contributed by atoms with Gasteiger partial charge in [-0.25, -0.2) is 5.32 Å².